The second-order valence-electron chi connectivity index (χ2n) is 4.04. The Balaban J connectivity index is 2.62. The third-order valence-corrected chi connectivity index (χ3v) is 2.79. The number of aliphatic hydroxyl groups is 1. The molecule has 1 heterocycles. The van der Waals surface area contributed by atoms with E-state index in [4.69, 9.17) is 4.52 Å². The summed E-state index contributed by atoms with van der Waals surface area (Å²) in [5.74, 6) is 0.679. The first-order chi connectivity index (χ1) is 7.63. The molecule has 0 aliphatic heterocycles. The van der Waals surface area contributed by atoms with Crippen molar-refractivity contribution in [1.29, 1.82) is 0 Å². The highest BCUT2D eigenvalue weighted by molar-refractivity contribution is 5.67. The molecule has 0 amide bonds. The van der Waals surface area contributed by atoms with Gasteiger partial charge in [0.1, 0.15) is 11.5 Å². The van der Waals surface area contributed by atoms with E-state index in [-0.39, 0.29) is 6.61 Å². The lowest BCUT2D eigenvalue weighted by molar-refractivity contribution is 0.278. The summed E-state index contributed by atoms with van der Waals surface area (Å²) in [5.41, 5.74) is 4.86. The Kier molecular flexibility index (Phi) is 2.79. The molecule has 0 spiro atoms. The van der Waals surface area contributed by atoms with Gasteiger partial charge in [0.05, 0.1) is 6.61 Å². The first-order valence-electron chi connectivity index (χ1n) is 5.27. The van der Waals surface area contributed by atoms with Gasteiger partial charge in [-0.15, -0.1) is 0 Å². The van der Waals surface area contributed by atoms with Crippen LogP contribution in [0.25, 0.3) is 11.3 Å². The summed E-state index contributed by atoms with van der Waals surface area (Å²) in [5, 5.41) is 13.3. The van der Waals surface area contributed by atoms with Gasteiger partial charge in [-0.1, -0.05) is 22.9 Å². The molecule has 0 atom stereocenters. The Labute approximate surface area is 94.7 Å². The van der Waals surface area contributed by atoms with Crippen LogP contribution in [0.2, 0.25) is 0 Å². The quantitative estimate of drug-likeness (QED) is 0.841. The molecular formula is C13H15NO2. The van der Waals surface area contributed by atoms with E-state index in [1.807, 2.05) is 20.8 Å². The lowest BCUT2D eigenvalue weighted by Gasteiger charge is -2.05. The number of nitrogens with zero attached hydrogens (tertiary/aromatic N) is 1. The van der Waals surface area contributed by atoms with Crippen molar-refractivity contribution in [2.45, 2.75) is 27.4 Å². The molecule has 84 valence electrons. The smallest absolute Gasteiger partial charge is 0.139 e. The van der Waals surface area contributed by atoms with E-state index in [9.17, 15) is 5.11 Å². The Bertz CT molecular complexity index is 515. The molecule has 2 rings (SSSR count). The van der Waals surface area contributed by atoms with Crippen molar-refractivity contribution in [3.8, 4) is 11.3 Å². The predicted octanol–water partition coefficient (Wildman–Crippen LogP) is 2.76. The van der Waals surface area contributed by atoms with Crippen molar-refractivity contribution in [3.05, 3.63) is 40.6 Å². The maximum atomic E-state index is 9.31. The number of aliphatic hydroxyl groups excluding tert-OH is 1. The number of hydrogen-bond acceptors (Lipinski definition) is 3. The summed E-state index contributed by atoms with van der Waals surface area (Å²) in [6, 6.07) is 6.17. The molecule has 0 fully saturated rings. The van der Waals surface area contributed by atoms with E-state index in [2.05, 4.69) is 23.4 Å². The molecule has 1 N–H and O–H groups in total. The number of hydrogen-bond donors (Lipinski definition) is 1. The number of aryl methyl sites for hydroxylation is 3. The monoisotopic (exact) mass is 217 g/mol. The third-order valence-electron chi connectivity index (χ3n) is 2.79. The lowest BCUT2D eigenvalue weighted by atomic mass is 10.00. The molecular weight excluding hydrogens is 202 g/mol. The van der Waals surface area contributed by atoms with Crippen LogP contribution in [0.1, 0.15) is 22.5 Å². The average molecular weight is 217 g/mol. The van der Waals surface area contributed by atoms with Crippen molar-refractivity contribution < 1.29 is 9.63 Å². The fraction of sp³-hybridized carbons (Fsp3) is 0.308. The lowest BCUT2D eigenvalue weighted by Crippen LogP contribution is -1.91. The van der Waals surface area contributed by atoms with Crippen LogP contribution in [0.5, 0.6) is 0 Å². The van der Waals surface area contributed by atoms with Crippen LogP contribution in [0.4, 0.5) is 0 Å². The number of rotatable bonds is 2. The van der Waals surface area contributed by atoms with Crippen molar-refractivity contribution >= 4 is 0 Å². The maximum absolute atomic E-state index is 9.31. The van der Waals surface area contributed by atoms with E-state index in [1.165, 1.54) is 5.56 Å². The largest absolute Gasteiger partial charge is 0.391 e. The molecule has 3 heteroatoms. The number of aromatic nitrogens is 1. The van der Waals surface area contributed by atoms with Crippen LogP contribution >= 0.6 is 0 Å². The van der Waals surface area contributed by atoms with Crippen molar-refractivity contribution in [2.75, 3.05) is 0 Å². The van der Waals surface area contributed by atoms with Gasteiger partial charge < -0.3 is 9.63 Å². The summed E-state index contributed by atoms with van der Waals surface area (Å²) in [4.78, 5) is 0. The molecule has 0 bridgehead atoms. The molecule has 3 nitrogen and oxygen atoms in total. The van der Waals surface area contributed by atoms with E-state index < -0.39 is 0 Å². The molecule has 1 aromatic heterocycles. The van der Waals surface area contributed by atoms with Crippen LogP contribution in [0, 0.1) is 20.8 Å². The minimum absolute atomic E-state index is 0.0436. The highest BCUT2D eigenvalue weighted by Gasteiger charge is 2.15. The van der Waals surface area contributed by atoms with E-state index >= 15 is 0 Å². The second kappa shape index (κ2) is 4.10. The van der Waals surface area contributed by atoms with E-state index in [0.29, 0.717) is 5.76 Å². The highest BCUT2D eigenvalue weighted by Crippen LogP contribution is 2.28. The Morgan fingerprint density at radius 2 is 2.00 bits per heavy atom. The fourth-order valence-corrected chi connectivity index (χ4v) is 1.78. The maximum Gasteiger partial charge on any atom is 0.139 e. The summed E-state index contributed by atoms with van der Waals surface area (Å²) in [6.45, 7) is 5.83. The molecule has 2 aromatic rings. The molecule has 0 saturated carbocycles. The summed E-state index contributed by atoms with van der Waals surface area (Å²) in [7, 11) is 0. The second-order valence-corrected chi connectivity index (χ2v) is 4.04. The SMILES string of the molecule is Cc1ccc(C)c(-c2noc(C)c2CO)c1. The van der Waals surface area contributed by atoms with Crippen LogP contribution in [-0.2, 0) is 6.61 Å². The molecule has 16 heavy (non-hydrogen) atoms. The minimum atomic E-state index is -0.0436. The molecule has 0 saturated heterocycles. The van der Waals surface area contributed by atoms with Crippen LogP contribution in [-0.4, -0.2) is 10.3 Å². The minimum Gasteiger partial charge on any atom is -0.391 e. The Morgan fingerprint density at radius 3 is 2.69 bits per heavy atom. The van der Waals surface area contributed by atoms with Gasteiger partial charge in [0.15, 0.2) is 0 Å². The Hall–Kier alpha value is -1.61. The van der Waals surface area contributed by atoms with Gasteiger partial charge in [-0.3, -0.25) is 0 Å². The first kappa shape index (κ1) is 10.9. The first-order valence-corrected chi connectivity index (χ1v) is 5.27. The van der Waals surface area contributed by atoms with Gasteiger partial charge in [0, 0.05) is 11.1 Å². The highest BCUT2D eigenvalue weighted by atomic mass is 16.5. The molecule has 0 aliphatic carbocycles. The van der Waals surface area contributed by atoms with Crippen molar-refractivity contribution in [3.63, 3.8) is 0 Å². The summed E-state index contributed by atoms with van der Waals surface area (Å²) < 4.78 is 5.13. The zero-order valence-corrected chi connectivity index (χ0v) is 9.74. The molecule has 1 aromatic carbocycles. The molecule has 0 radical (unpaired) electrons. The van der Waals surface area contributed by atoms with Crippen LogP contribution < -0.4 is 0 Å². The molecule has 0 unspecified atom stereocenters. The van der Waals surface area contributed by atoms with E-state index in [0.717, 1.165) is 22.4 Å². The fourth-order valence-electron chi connectivity index (χ4n) is 1.78. The zero-order valence-electron chi connectivity index (χ0n) is 9.74. The van der Waals surface area contributed by atoms with Gasteiger partial charge in [-0.2, -0.15) is 0 Å². The van der Waals surface area contributed by atoms with E-state index in [1.54, 1.807) is 0 Å². The van der Waals surface area contributed by atoms with Gasteiger partial charge >= 0.3 is 0 Å². The summed E-state index contributed by atoms with van der Waals surface area (Å²) in [6.07, 6.45) is 0. The number of benzene rings is 1. The van der Waals surface area contributed by atoms with Gasteiger partial charge in [-0.25, -0.2) is 0 Å². The van der Waals surface area contributed by atoms with Gasteiger partial charge in [0.2, 0.25) is 0 Å². The van der Waals surface area contributed by atoms with Crippen molar-refractivity contribution in [1.82, 2.24) is 5.16 Å². The van der Waals surface area contributed by atoms with Crippen LogP contribution in [0.15, 0.2) is 22.7 Å². The van der Waals surface area contributed by atoms with Gasteiger partial charge in [-0.05, 0) is 32.4 Å². The van der Waals surface area contributed by atoms with Crippen molar-refractivity contribution in [2.24, 2.45) is 0 Å². The molecule has 0 aliphatic rings. The van der Waals surface area contributed by atoms with Crippen LogP contribution in [0.3, 0.4) is 0 Å². The third kappa shape index (κ3) is 1.74. The predicted molar refractivity (Wildman–Crippen MR) is 62.1 cm³/mol. The zero-order chi connectivity index (χ0) is 11.7. The topological polar surface area (TPSA) is 46.3 Å². The Morgan fingerprint density at radius 1 is 1.25 bits per heavy atom. The standard InChI is InChI=1S/C13H15NO2/c1-8-4-5-9(2)11(6-8)13-12(7-15)10(3)16-14-13/h4-6,15H,7H2,1-3H3. The van der Waals surface area contributed by atoms with Gasteiger partial charge in [0.25, 0.3) is 0 Å². The average Bonchev–Trinajstić information content (AvgIpc) is 2.63. The normalized spacial score (nSPS) is 10.8. The summed E-state index contributed by atoms with van der Waals surface area (Å²) >= 11 is 0.